The lowest BCUT2D eigenvalue weighted by atomic mass is 10.1. The predicted octanol–water partition coefficient (Wildman–Crippen LogP) is 4.26. The molecule has 1 atom stereocenters. The molecule has 0 aliphatic rings. The van der Waals surface area contributed by atoms with Gasteiger partial charge in [-0.1, -0.05) is 31.5 Å². The van der Waals surface area contributed by atoms with Crippen LogP contribution in [0, 0.1) is 0 Å². The molecule has 0 saturated carbocycles. The average Bonchev–Trinajstić information content (AvgIpc) is 2.51. The van der Waals surface area contributed by atoms with Crippen molar-refractivity contribution in [3.63, 3.8) is 0 Å². The summed E-state index contributed by atoms with van der Waals surface area (Å²) in [6.45, 7) is 8.15. The van der Waals surface area contributed by atoms with E-state index in [1.807, 2.05) is 7.05 Å². The average molecular weight is 313 g/mol. The lowest BCUT2D eigenvalue weighted by Crippen LogP contribution is -2.37. The first-order valence-corrected chi connectivity index (χ1v) is 8.19. The number of hydrogen-bond donors (Lipinski definition) is 1. The van der Waals surface area contributed by atoms with Crippen molar-refractivity contribution in [1.82, 2.24) is 5.32 Å². The van der Waals surface area contributed by atoms with E-state index in [4.69, 9.17) is 16.3 Å². The van der Waals surface area contributed by atoms with Crippen molar-refractivity contribution >= 4 is 17.3 Å². The summed E-state index contributed by atoms with van der Waals surface area (Å²) in [6.07, 6.45) is 2.20. The largest absolute Gasteiger partial charge is 0.383 e. The molecule has 0 amide bonds. The SMILES string of the molecule is CCC(CC)N(CCOC)c1ccc(C(C)NC)cc1Cl. The van der Waals surface area contributed by atoms with Crippen molar-refractivity contribution in [1.29, 1.82) is 0 Å². The fourth-order valence-electron chi connectivity index (χ4n) is 2.61. The Hall–Kier alpha value is -0.770. The summed E-state index contributed by atoms with van der Waals surface area (Å²) in [5.41, 5.74) is 2.32. The van der Waals surface area contributed by atoms with Gasteiger partial charge in [-0.25, -0.2) is 0 Å². The Labute approximate surface area is 134 Å². The van der Waals surface area contributed by atoms with E-state index in [1.165, 1.54) is 5.56 Å². The number of halogens is 1. The van der Waals surface area contributed by atoms with Crippen LogP contribution in [0.5, 0.6) is 0 Å². The number of anilines is 1. The highest BCUT2D eigenvalue weighted by molar-refractivity contribution is 6.33. The zero-order valence-electron chi connectivity index (χ0n) is 13.9. The molecular weight excluding hydrogens is 284 g/mol. The van der Waals surface area contributed by atoms with Gasteiger partial charge in [-0.2, -0.15) is 0 Å². The molecule has 0 bridgehead atoms. The van der Waals surface area contributed by atoms with Gasteiger partial charge in [0.2, 0.25) is 0 Å². The second-order valence-electron chi connectivity index (χ2n) is 5.38. The number of ether oxygens (including phenoxy) is 1. The van der Waals surface area contributed by atoms with Crippen LogP contribution in [-0.4, -0.2) is 33.4 Å². The summed E-state index contributed by atoms with van der Waals surface area (Å²) >= 11 is 6.55. The highest BCUT2D eigenvalue weighted by atomic mass is 35.5. The molecule has 1 aromatic rings. The van der Waals surface area contributed by atoms with Crippen molar-refractivity contribution in [2.75, 3.05) is 32.2 Å². The maximum absolute atomic E-state index is 6.55. The number of hydrogen-bond acceptors (Lipinski definition) is 3. The molecule has 1 unspecified atom stereocenters. The fraction of sp³-hybridized carbons (Fsp3) is 0.647. The standard InChI is InChI=1S/C17H29ClN2O/c1-6-15(7-2)20(10-11-21-5)17-9-8-14(12-16(17)18)13(3)19-4/h8-9,12-13,15,19H,6-7,10-11H2,1-5H3. The molecule has 0 heterocycles. The van der Waals surface area contributed by atoms with E-state index in [0.717, 1.165) is 30.1 Å². The van der Waals surface area contributed by atoms with Crippen molar-refractivity contribution < 1.29 is 4.74 Å². The Morgan fingerprint density at radius 3 is 2.43 bits per heavy atom. The van der Waals surface area contributed by atoms with Crippen LogP contribution in [0.1, 0.15) is 45.2 Å². The van der Waals surface area contributed by atoms with Crippen molar-refractivity contribution in [2.24, 2.45) is 0 Å². The van der Waals surface area contributed by atoms with E-state index in [1.54, 1.807) is 7.11 Å². The third-order valence-corrected chi connectivity index (χ3v) is 4.44. The Morgan fingerprint density at radius 2 is 1.95 bits per heavy atom. The van der Waals surface area contributed by atoms with Crippen molar-refractivity contribution in [3.8, 4) is 0 Å². The number of methoxy groups -OCH3 is 1. The maximum atomic E-state index is 6.55. The summed E-state index contributed by atoms with van der Waals surface area (Å²) in [5.74, 6) is 0. The molecule has 0 aromatic heterocycles. The summed E-state index contributed by atoms with van der Waals surface area (Å²) in [6, 6.07) is 7.16. The van der Waals surface area contributed by atoms with Gasteiger partial charge in [0.15, 0.2) is 0 Å². The number of nitrogens with one attached hydrogen (secondary N) is 1. The van der Waals surface area contributed by atoms with Gasteiger partial charge < -0.3 is 15.0 Å². The normalized spacial score (nSPS) is 12.7. The summed E-state index contributed by atoms with van der Waals surface area (Å²) in [7, 11) is 3.70. The predicted molar refractivity (Wildman–Crippen MR) is 92.5 cm³/mol. The molecule has 0 radical (unpaired) electrons. The van der Waals surface area contributed by atoms with Gasteiger partial charge >= 0.3 is 0 Å². The van der Waals surface area contributed by atoms with Crippen LogP contribution in [0.25, 0.3) is 0 Å². The molecule has 3 nitrogen and oxygen atoms in total. The van der Waals surface area contributed by atoms with Gasteiger partial charge in [-0.05, 0) is 44.5 Å². The van der Waals surface area contributed by atoms with Crippen molar-refractivity contribution in [2.45, 2.75) is 45.7 Å². The van der Waals surface area contributed by atoms with E-state index in [0.29, 0.717) is 18.7 Å². The Balaban J connectivity index is 3.06. The van der Waals surface area contributed by atoms with Crippen molar-refractivity contribution in [3.05, 3.63) is 28.8 Å². The van der Waals surface area contributed by atoms with E-state index in [2.05, 4.69) is 49.2 Å². The maximum Gasteiger partial charge on any atom is 0.0643 e. The van der Waals surface area contributed by atoms with Crippen LogP contribution in [0.2, 0.25) is 5.02 Å². The molecule has 0 fully saturated rings. The van der Waals surface area contributed by atoms with Crippen LogP contribution in [0.4, 0.5) is 5.69 Å². The van der Waals surface area contributed by atoms with Crippen LogP contribution in [0.15, 0.2) is 18.2 Å². The fourth-order valence-corrected chi connectivity index (χ4v) is 2.91. The number of rotatable bonds is 9. The Bertz CT molecular complexity index is 421. The van der Waals surface area contributed by atoms with Crippen LogP contribution >= 0.6 is 11.6 Å². The lowest BCUT2D eigenvalue weighted by molar-refractivity contribution is 0.202. The number of nitrogens with zero attached hydrogens (tertiary/aromatic N) is 1. The van der Waals surface area contributed by atoms with E-state index < -0.39 is 0 Å². The van der Waals surface area contributed by atoms with E-state index >= 15 is 0 Å². The molecule has 1 N–H and O–H groups in total. The molecule has 4 heteroatoms. The zero-order valence-corrected chi connectivity index (χ0v) is 14.7. The first kappa shape index (κ1) is 18.3. The molecule has 0 saturated heterocycles. The highest BCUT2D eigenvalue weighted by Gasteiger charge is 2.18. The first-order chi connectivity index (χ1) is 10.1. The summed E-state index contributed by atoms with van der Waals surface area (Å²) in [5, 5.41) is 4.06. The summed E-state index contributed by atoms with van der Waals surface area (Å²) < 4.78 is 5.26. The number of benzene rings is 1. The molecule has 0 spiro atoms. The van der Waals surface area contributed by atoms with Gasteiger partial charge in [-0.3, -0.25) is 0 Å². The molecular formula is C17H29ClN2O. The van der Waals surface area contributed by atoms with Crippen LogP contribution in [-0.2, 0) is 4.74 Å². The minimum atomic E-state index is 0.303. The van der Waals surface area contributed by atoms with E-state index in [9.17, 15) is 0 Å². The van der Waals surface area contributed by atoms with Gasteiger partial charge in [-0.15, -0.1) is 0 Å². The minimum Gasteiger partial charge on any atom is -0.383 e. The van der Waals surface area contributed by atoms with Gasteiger partial charge in [0.25, 0.3) is 0 Å². The summed E-state index contributed by atoms with van der Waals surface area (Å²) in [4.78, 5) is 2.37. The monoisotopic (exact) mass is 312 g/mol. The minimum absolute atomic E-state index is 0.303. The first-order valence-electron chi connectivity index (χ1n) is 7.81. The molecule has 0 aliphatic heterocycles. The molecule has 1 aromatic carbocycles. The van der Waals surface area contributed by atoms with Crippen LogP contribution < -0.4 is 10.2 Å². The second-order valence-corrected chi connectivity index (χ2v) is 5.78. The zero-order chi connectivity index (χ0) is 15.8. The lowest BCUT2D eigenvalue weighted by Gasteiger charge is -2.33. The molecule has 120 valence electrons. The van der Waals surface area contributed by atoms with Gasteiger partial charge in [0, 0.05) is 25.7 Å². The Morgan fingerprint density at radius 1 is 1.29 bits per heavy atom. The highest BCUT2D eigenvalue weighted by Crippen LogP contribution is 2.31. The molecule has 1 rings (SSSR count). The van der Waals surface area contributed by atoms with Crippen LogP contribution in [0.3, 0.4) is 0 Å². The Kier molecular flexibility index (Phi) is 8.09. The van der Waals surface area contributed by atoms with E-state index in [-0.39, 0.29) is 0 Å². The topological polar surface area (TPSA) is 24.5 Å². The third kappa shape index (κ3) is 4.87. The van der Waals surface area contributed by atoms with Gasteiger partial charge in [0.1, 0.15) is 0 Å². The molecule has 0 aliphatic carbocycles. The third-order valence-electron chi connectivity index (χ3n) is 4.13. The second kappa shape index (κ2) is 9.29. The van der Waals surface area contributed by atoms with Gasteiger partial charge in [0.05, 0.1) is 17.3 Å². The smallest absolute Gasteiger partial charge is 0.0643 e. The molecule has 21 heavy (non-hydrogen) atoms. The quantitative estimate of drug-likeness (QED) is 0.737.